The van der Waals surface area contributed by atoms with E-state index in [0.717, 1.165) is 0 Å². The smallest absolute Gasteiger partial charge is 0.0430 e. The van der Waals surface area contributed by atoms with E-state index >= 15 is 0 Å². The highest BCUT2D eigenvalue weighted by molar-refractivity contribution is 7.64. The fourth-order valence-electron chi connectivity index (χ4n) is 0.838. The minimum atomic E-state index is -3.28. The monoisotopic (exact) mass is 169 g/mol. The van der Waals surface area contributed by atoms with Gasteiger partial charge in [-0.3, -0.25) is 0 Å². The van der Waals surface area contributed by atoms with Gasteiger partial charge in [0.25, 0.3) is 0 Å². The third kappa shape index (κ3) is 1.92. The summed E-state index contributed by atoms with van der Waals surface area (Å²) in [7, 11) is -3.28. The van der Waals surface area contributed by atoms with E-state index in [4.69, 9.17) is 0 Å². The van der Waals surface area contributed by atoms with E-state index in [1.807, 2.05) is 0 Å². The van der Waals surface area contributed by atoms with Crippen LogP contribution in [0.25, 0.3) is 0 Å². The summed E-state index contributed by atoms with van der Waals surface area (Å²) in [5, 5.41) is 0.433. The number of rotatable bonds is 2. The number of benzene rings is 1. The summed E-state index contributed by atoms with van der Waals surface area (Å²) < 4.78 is 11.2. The summed E-state index contributed by atoms with van der Waals surface area (Å²) in [6.07, 6.45) is 0.191. The van der Waals surface area contributed by atoms with Crippen LogP contribution in [0.2, 0.25) is 0 Å². The van der Waals surface area contributed by atoms with Crippen molar-refractivity contribution in [3.63, 3.8) is 0 Å². The highest BCUT2D eigenvalue weighted by atomic mass is 31.2. The Kier molecular flexibility index (Phi) is 2.48. The predicted molar refractivity (Wildman–Crippen MR) is 44.2 cm³/mol. The largest absolute Gasteiger partial charge is 0.796 e. The molecule has 1 atom stereocenters. The van der Waals surface area contributed by atoms with Gasteiger partial charge in [-0.1, -0.05) is 37.3 Å². The maximum atomic E-state index is 11.2. The zero-order chi connectivity index (χ0) is 8.32. The molecule has 0 aromatic heterocycles. The quantitative estimate of drug-likeness (QED) is 0.619. The third-order valence-corrected chi connectivity index (χ3v) is 3.48. The molecule has 0 saturated heterocycles. The van der Waals surface area contributed by atoms with E-state index in [9.17, 15) is 9.46 Å². The Hall–Kier alpha value is -0.590. The van der Waals surface area contributed by atoms with E-state index in [2.05, 4.69) is 0 Å². The molecule has 0 saturated carbocycles. The third-order valence-electron chi connectivity index (χ3n) is 1.57. The molecule has 1 rings (SSSR count). The molecule has 0 radical (unpaired) electrons. The van der Waals surface area contributed by atoms with Crippen molar-refractivity contribution in [2.24, 2.45) is 0 Å². The molecule has 60 valence electrons. The van der Waals surface area contributed by atoms with Crippen LogP contribution in [0.3, 0.4) is 0 Å². The van der Waals surface area contributed by atoms with E-state index < -0.39 is 7.37 Å². The van der Waals surface area contributed by atoms with Crippen LogP contribution in [0, 0.1) is 0 Å². The average molecular weight is 169 g/mol. The first-order valence-corrected chi connectivity index (χ1v) is 5.33. The van der Waals surface area contributed by atoms with Gasteiger partial charge in [0.05, 0.1) is 0 Å². The minimum Gasteiger partial charge on any atom is -0.796 e. The molecular weight excluding hydrogens is 159 g/mol. The SMILES string of the molecule is CCP(=O)([O-])c1ccccc1. The Balaban J connectivity index is 3.03. The Morgan fingerprint density at radius 3 is 2.36 bits per heavy atom. The minimum absolute atomic E-state index is 0.191. The van der Waals surface area contributed by atoms with Crippen molar-refractivity contribution in [1.29, 1.82) is 0 Å². The van der Waals surface area contributed by atoms with Gasteiger partial charge in [0.2, 0.25) is 0 Å². The fraction of sp³-hybridized carbons (Fsp3) is 0.250. The molecule has 0 aliphatic heterocycles. The van der Waals surface area contributed by atoms with Gasteiger partial charge in [-0.15, -0.1) is 0 Å². The Labute approximate surface area is 66.3 Å². The van der Waals surface area contributed by atoms with Crippen molar-refractivity contribution < 1.29 is 9.46 Å². The van der Waals surface area contributed by atoms with Gasteiger partial charge in [-0.2, -0.15) is 0 Å². The summed E-state index contributed by atoms with van der Waals surface area (Å²) in [6.45, 7) is 1.65. The molecule has 1 aromatic carbocycles. The van der Waals surface area contributed by atoms with Crippen molar-refractivity contribution in [3.05, 3.63) is 30.3 Å². The van der Waals surface area contributed by atoms with Gasteiger partial charge in [0, 0.05) is 7.37 Å². The number of hydrogen-bond acceptors (Lipinski definition) is 2. The molecule has 11 heavy (non-hydrogen) atoms. The summed E-state index contributed by atoms with van der Waals surface area (Å²) in [5.74, 6) is 0. The lowest BCUT2D eigenvalue weighted by atomic mass is 10.4. The fourth-order valence-corrected chi connectivity index (χ4v) is 1.83. The molecule has 1 aromatic rings. The van der Waals surface area contributed by atoms with Crippen molar-refractivity contribution >= 4 is 12.7 Å². The Morgan fingerprint density at radius 1 is 1.36 bits per heavy atom. The topological polar surface area (TPSA) is 40.1 Å². The van der Waals surface area contributed by atoms with E-state index in [1.54, 1.807) is 37.3 Å². The van der Waals surface area contributed by atoms with Crippen molar-refractivity contribution in [3.8, 4) is 0 Å². The number of hydrogen-bond donors (Lipinski definition) is 0. The summed E-state index contributed by atoms with van der Waals surface area (Å²) in [6, 6.07) is 8.51. The van der Waals surface area contributed by atoms with Gasteiger partial charge >= 0.3 is 0 Å². The highest BCUT2D eigenvalue weighted by Crippen LogP contribution is 2.32. The molecule has 1 unspecified atom stereocenters. The molecular formula is C8H10O2P-. The molecule has 0 amide bonds. The molecule has 0 aliphatic rings. The lowest BCUT2D eigenvalue weighted by molar-refractivity contribution is -0.170. The normalized spacial score (nSPS) is 15.8. The van der Waals surface area contributed by atoms with Crippen LogP contribution in [0.5, 0.6) is 0 Å². The lowest BCUT2D eigenvalue weighted by Crippen LogP contribution is -2.16. The molecule has 0 heterocycles. The second kappa shape index (κ2) is 3.21. The maximum Gasteiger partial charge on any atom is 0.0430 e. The van der Waals surface area contributed by atoms with Crippen molar-refractivity contribution in [2.75, 3.05) is 6.16 Å². The van der Waals surface area contributed by atoms with Gasteiger partial charge in [-0.25, -0.2) is 0 Å². The second-order valence-corrected chi connectivity index (χ2v) is 4.82. The second-order valence-electron chi connectivity index (χ2n) is 2.33. The summed E-state index contributed by atoms with van der Waals surface area (Å²) in [5.41, 5.74) is 0. The molecule has 0 N–H and O–H groups in total. The molecule has 3 heteroatoms. The van der Waals surface area contributed by atoms with Crippen LogP contribution in [0.15, 0.2) is 30.3 Å². The van der Waals surface area contributed by atoms with Crippen LogP contribution in [0.1, 0.15) is 6.92 Å². The zero-order valence-electron chi connectivity index (χ0n) is 6.36. The molecule has 2 nitrogen and oxygen atoms in total. The highest BCUT2D eigenvalue weighted by Gasteiger charge is 2.05. The van der Waals surface area contributed by atoms with Crippen LogP contribution in [-0.2, 0) is 4.57 Å². The van der Waals surface area contributed by atoms with Crippen LogP contribution in [-0.4, -0.2) is 6.16 Å². The van der Waals surface area contributed by atoms with Crippen LogP contribution in [0.4, 0.5) is 0 Å². The molecule has 0 fully saturated rings. The van der Waals surface area contributed by atoms with Crippen molar-refractivity contribution in [1.82, 2.24) is 0 Å². The maximum absolute atomic E-state index is 11.2. The molecule has 0 spiro atoms. The van der Waals surface area contributed by atoms with Gasteiger partial charge in [-0.05, 0) is 11.5 Å². The van der Waals surface area contributed by atoms with Crippen LogP contribution >= 0.6 is 7.37 Å². The summed E-state index contributed by atoms with van der Waals surface area (Å²) >= 11 is 0. The first-order valence-electron chi connectivity index (χ1n) is 3.52. The lowest BCUT2D eigenvalue weighted by Gasteiger charge is -2.21. The molecule has 0 bridgehead atoms. The summed E-state index contributed by atoms with van der Waals surface area (Å²) in [4.78, 5) is 11.2. The van der Waals surface area contributed by atoms with E-state index in [-0.39, 0.29) is 6.16 Å². The van der Waals surface area contributed by atoms with Crippen molar-refractivity contribution in [2.45, 2.75) is 6.92 Å². The first kappa shape index (κ1) is 8.51. The van der Waals surface area contributed by atoms with E-state index in [0.29, 0.717) is 5.30 Å². The predicted octanol–water partition coefficient (Wildman–Crippen LogP) is 0.970. The van der Waals surface area contributed by atoms with E-state index in [1.165, 1.54) is 0 Å². The molecule has 0 aliphatic carbocycles. The average Bonchev–Trinajstić information content (AvgIpc) is 2.06. The van der Waals surface area contributed by atoms with Gasteiger partial charge in [0.1, 0.15) is 0 Å². The standard InChI is InChI=1S/C8H11O2P/c1-2-11(9,10)8-6-4-3-5-7-8/h3-7H,2H2,1H3,(H,9,10)/p-1. The zero-order valence-corrected chi connectivity index (χ0v) is 7.25. The first-order chi connectivity index (χ1) is 5.17. The Morgan fingerprint density at radius 2 is 1.91 bits per heavy atom. The van der Waals surface area contributed by atoms with Gasteiger partial charge in [0.15, 0.2) is 0 Å². The van der Waals surface area contributed by atoms with Gasteiger partial charge < -0.3 is 9.46 Å². The Bertz CT molecular complexity index is 269. The van der Waals surface area contributed by atoms with Crippen LogP contribution < -0.4 is 10.2 Å².